The molecule has 0 spiro atoms. The number of benzene rings is 1. The lowest BCUT2D eigenvalue weighted by molar-refractivity contribution is -0.356. The van der Waals surface area contributed by atoms with Crippen molar-refractivity contribution < 1.29 is 17.9 Å². The maximum absolute atomic E-state index is 14.7. The highest BCUT2D eigenvalue weighted by atomic mass is 35.5. The van der Waals surface area contributed by atoms with Gasteiger partial charge in [-0.05, 0) is 36.5 Å². The molecule has 7 heteroatoms. The molecule has 1 aromatic heterocycles. The Morgan fingerprint density at radius 2 is 2.09 bits per heavy atom. The van der Waals surface area contributed by atoms with Gasteiger partial charge in [-0.25, -0.2) is 0 Å². The van der Waals surface area contributed by atoms with Gasteiger partial charge in [-0.15, -0.1) is 0 Å². The minimum atomic E-state index is -3.89. The van der Waals surface area contributed by atoms with Crippen LogP contribution in [0.25, 0.3) is 5.57 Å². The van der Waals surface area contributed by atoms with Crippen molar-refractivity contribution in [1.29, 1.82) is 0 Å². The SMILES string of the molecule is COc1ccc(C2=C3C=CC=[N+]3[B-](F)(F)n3cccc32)c(Cl)c1. The Labute approximate surface area is 136 Å². The lowest BCUT2D eigenvalue weighted by Gasteiger charge is -2.31. The third-order valence-corrected chi connectivity index (χ3v) is 4.50. The van der Waals surface area contributed by atoms with Gasteiger partial charge < -0.3 is 22.3 Å². The Hall–Kier alpha value is -2.34. The van der Waals surface area contributed by atoms with E-state index in [0.717, 1.165) is 8.96 Å². The monoisotopic (exact) mass is 332 g/mol. The molecule has 0 atom stereocenters. The molecule has 4 rings (SSSR count). The summed E-state index contributed by atoms with van der Waals surface area (Å²) in [5.74, 6) is 0.621. The van der Waals surface area contributed by atoms with Crippen molar-refractivity contribution in [3.63, 3.8) is 0 Å². The van der Waals surface area contributed by atoms with Gasteiger partial charge in [0.05, 0.1) is 17.7 Å². The first-order chi connectivity index (χ1) is 11.0. The summed E-state index contributed by atoms with van der Waals surface area (Å²) < 4.78 is 36.6. The van der Waals surface area contributed by atoms with Crippen LogP contribution in [0.5, 0.6) is 5.75 Å². The highest BCUT2D eigenvalue weighted by Crippen LogP contribution is 2.41. The Kier molecular flexibility index (Phi) is 3.00. The second-order valence-electron chi connectivity index (χ2n) is 5.41. The van der Waals surface area contributed by atoms with Crippen molar-refractivity contribution in [3.05, 3.63) is 70.7 Å². The zero-order chi connectivity index (χ0) is 16.2. The molecule has 2 aliphatic heterocycles. The molecule has 116 valence electrons. The molecule has 0 saturated heterocycles. The van der Waals surface area contributed by atoms with Crippen LogP contribution >= 0.6 is 11.6 Å². The summed E-state index contributed by atoms with van der Waals surface area (Å²) in [7, 11) is 1.55. The first-order valence-electron chi connectivity index (χ1n) is 7.12. The van der Waals surface area contributed by atoms with Crippen LogP contribution in [0, 0.1) is 0 Å². The number of rotatable bonds is 2. The largest absolute Gasteiger partial charge is 0.737 e. The van der Waals surface area contributed by atoms with Crippen molar-refractivity contribution in [1.82, 2.24) is 4.48 Å². The molecule has 0 N–H and O–H groups in total. The van der Waals surface area contributed by atoms with Crippen LogP contribution in [-0.2, 0) is 0 Å². The van der Waals surface area contributed by atoms with E-state index in [2.05, 4.69) is 0 Å². The molecule has 3 heterocycles. The van der Waals surface area contributed by atoms with Crippen molar-refractivity contribution in [2.75, 3.05) is 7.11 Å². The van der Waals surface area contributed by atoms with Crippen LogP contribution in [0.1, 0.15) is 11.3 Å². The molecule has 3 nitrogen and oxygen atoms in total. The highest BCUT2D eigenvalue weighted by Gasteiger charge is 2.51. The lowest BCUT2D eigenvalue weighted by atomic mass is 9.86. The molecular weight excluding hydrogens is 320 g/mol. The van der Waals surface area contributed by atoms with Crippen LogP contribution in [0.15, 0.2) is 54.4 Å². The molecule has 0 fully saturated rings. The summed E-state index contributed by atoms with van der Waals surface area (Å²) in [5.41, 5.74) is 2.28. The van der Waals surface area contributed by atoms with Crippen LogP contribution < -0.4 is 4.74 Å². The van der Waals surface area contributed by atoms with Crippen molar-refractivity contribution in [3.8, 4) is 5.75 Å². The van der Waals surface area contributed by atoms with E-state index >= 15 is 0 Å². The maximum Gasteiger partial charge on any atom is 0.737 e. The summed E-state index contributed by atoms with van der Waals surface area (Å²) in [6.45, 7) is -3.89. The molecular formula is C16H12BClF2N2O. The van der Waals surface area contributed by atoms with Gasteiger partial charge in [0.15, 0.2) is 5.70 Å². The lowest BCUT2D eigenvalue weighted by Crippen LogP contribution is -2.49. The summed E-state index contributed by atoms with van der Waals surface area (Å²) >= 11 is 6.38. The number of hydrogen-bond acceptors (Lipinski definition) is 1. The van der Waals surface area contributed by atoms with Crippen LogP contribution in [-0.4, -0.2) is 29.3 Å². The van der Waals surface area contributed by atoms with Crippen LogP contribution in [0.3, 0.4) is 0 Å². The quantitative estimate of drug-likeness (QED) is 0.765. The Balaban J connectivity index is 2.02. The summed E-state index contributed by atoms with van der Waals surface area (Å²) in [6, 6.07) is 8.55. The normalized spacial score (nSPS) is 17.8. The summed E-state index contributed by atoms with van der Waals surface area (Å²) in [5, 5.41) is 0.456. The fourth-order valence-electron chi connectivity index (χ4n) is 3.12. The second kappa shape index (κ2) is 4.83. The number of allylic oxidation sites excluding steroid dienone is 2. The zero-order valence-corrected chi connectivity index (χ0v) is 13.0. The smallest absolute Gasteiger partial charge is 0.497 e. The van der Waals surface area contributed by atoms with E-state index in [-0.39, 0.29) is 0 Å². The second-order valence-corrected chi connectivity index (χ2v) is 5.82. The van der Waals surface area contributed by atoms with E-state index in [1.807, 2.05) is 0 Å². The molecule has 0 bridgehead atoms. The summed E-state index contributed by atoms with van der Waals surface area (Å²) in [6.07, 6.45) is 6.10. The number of aromatic nitrogens is 1. The zero-order valence-electron chi connectivity index (χ0n) is 12.2. The summed E-state index contributed by atoms with van der Waals surface area (Å²) in [4.78, 5) is 0. The predicted octanol–water partition coefficient (Wildman–Crippen LogP) is 3.80. The molecule has 2 aromatic rings. The number of methoxy groups -OCH3 is 1. The predicted molar refractivity (Wildman–Crippen MR) is 87.3 cm³/mol. The van der Waals surface area contributed by atoms with E-state index in [1.54, 1.807) is 49.6 Å². The molecule has 0 amide bonds. The molecule has 0 radical (unpaired) electrons. The minimum absolute atomic E-state index is 0.452. The number of nitrogens with zero attached hydrogens (tertiary/aromatic N) is 2. The topological polar surface area (TPSA) is 17.2 Å². The van der Waals surface area contributed by atoms with Gasteiger partial charge in [0.2, 0.25) is 0 Å². The Morgan fingerprint density at radius 3 is 2.83 bits per heavy atom. The van der Waals surface area contributed by atoms with E-state index in [1.165, 1.54) is 12.4 Å². The van der Waals surface area contributed by atoms with Gasteiger partial charge in [-0.2, -0.15) is 0 Å². The van der Waals surface area contributed by atoms with E-state index in [0.29, 0.717) is 33.3 Å². The Bertz CT molecular complexity index is 915. The third kappa shape index (κ3) is 1.91. The van der Waals surface area contributed by atoms with Crippen molar-refractivity contribution >= 4 is 30.4 Å². The van der Waals surface area contributed by atoms with Gasteiger partial charge in [0.1, 0.15) is 12.0 Å². The minimum Gasteiger partial charge on any atom is -0.497 e. The molecule has 1 aromatic carbocycles. The van der Waals surface area contributed by atoms with Gasteiger partial charge in [-0.3, -0.25) is 0 Å². The number of halogens is 3. The molecule has 23 heavy (non-hydrogen) atoms. The average Bonchev–Trinajstić information content (AvgIpc) is 3.18. The standard InChI is InChI=1S/C16H12BClF2N2O/c1-23-11-6-7-12(13(18)10-11)16-14-4-2-8-21(14)17(19,20)22-9-3-5-15(16)22/h2-10H,1H3. The molecule has 2 aliphatic rings. The van der Waals surface area contributed by atoms with Crippen molar-refractivity contribution in [2.24, 2.45) is 0 Å². The molecule has 0 aliphatic carbocycles. The number of hydrogen-bond donors (Lipinski definition) is 0. The molecule has 0 saturated carbocycles. The highest BCUT2D eigenvalue weighted by molar-refractivity contribution is 6.57. The van der Waals surface area contributed by atoms with Gasteiger partial charge in [0.25, 0.3) is 0 Å². The third-order valence-electron chi connectivity index (χ3n) is 4.19. The van der Waals surface area contributed by atoms with Gasteiger partial charge >= 0.3 is 6.97 Å². The number of fused-ring (bicyclic) bond motifs is 2. The van der Waals surface area contributed by atoms with E-state index in [9.17, 15) is 8.63 Å². The van der Waals surface area contributed by atoms with E-state index in [4.69, 9.17) is 16.3 Å². The first kappa shape index (κ1) is 14.3. The molecule has 0 unspecified atom stereocenters. The average molecular weight is 333 g/mol. The van der Waals surface area contributed by atoms with Crippen molar-refractivity contribution in [2.45, 2.75) is 0 Å². The fraction of sp³-hybridized carbons (Fsp3) is 0.0625. The van der Waals surface area contributed by atoms with E-state index < -0.39 is 6.97 Å². The van der Waals surface area contributed by atoms with Gasteiger partial charge in [-0.1, -0.05) is 11.6 Å². The maximum atomic E-state index is 14.7. The Morgan fingerprint density at radius 1 is 1.26 bits per heavy atom. The first-order valence-corrected chi connectivity index (χ1v) is 7.49. The van der Waals surface area contributed by atoms with Gasteiger partial charge in [0, 0.05) is 23.4 Å². The number of ether oxygens (including phenoxy) is 1. The van der Waals surface area contributed by atoms with Crippen LogP contribution in [0.4, 0.5) is 8.63 Å². The van der Waals surface area contributed by atoms with Crippen LogP contribution in [0.2, 0.25) is 5.02 Å². The fourth-order valence-corrected chi connectivity index (χ4v) is 3.38.